The molecule has 0 bridgehead atoms. The first-order chi connectivity index (χ1) is 8.70. The van der Waals surface area contributed by atoms with Crippen molar-refractivity contribution in [2.75, 3.05) is 25.1 Å². The van der Waals surface area contributed by atoms with Crippen molar-refractivity contribution < 1.29 is 18.3 Å². The van der Waals surface area contributed by atoms with E-state index in [0.29, 0.717) is 32.6 Å². The molecule has 0 spiro atoms. The molecular formula is C12H16F2N2O2. The zero-order valence-electron chi connectivity index (χ0n) is 10.2. The molecule has 0 aliphatic carbocycles. The molecule has 1 saturated heterocycles. The number of aromatic nitrogens is 1. The van der Waals surface area contributed by atoms with Gasteiger partial charge in [-0.2, -0.15) is 4.98 Å². The third-order valence-electron chi connectivity index (χ3n) is 2.69. The summed E-state index contributed by atoms with van der Waals surface area (Å²) in [5, 5.41) is 2.72. The van der Waals surface area contributed by atoms with E-state index in [-0.39, 0.29) is 17.8 Å². The maximum absolute atomic E-state index is 13.5. The minimum atomic E-state index is -0.777. The summed E-state index contributed by atoms with van der Waals surface area (Å²) in [6, 6.07) is 0.791. The van der Waals surface area contributed by atoms with Gasteiger partial charge in [0.2, 0.25) is 0 Å². The first-order valence-electron chi connectivity index (χ1n) is 6.05. The minimum absolute atomic E-state index is 0.0148. The molecule has 1 aromatic heterocycles. The zero-order valence-corrected chi connectivity index (χ0v) is 10.2. The molecule has 1 aromatic rings. The van der Waals surface area contributed by atoms with Gasteiger partial charge >= 0.3 is 0 Å². The third kappa shape index (κ3) is 3.07. The molecule has 6 heteroatoms. The van der Waals surface area contributed by atoms with Gasteiger partial charge in [0.25, 0.3) is 5.88 Å². The predicted octanol–water partition coefficient (Wildman–Crippen LogP) is 2.35. The van der Waals surface area contributed by atoms with Gasteiger partial charge in [0.15, 0.2) is 17.5 Å². The summed E-state index contributed by atoms with van der Waals surface area (Å²) >= 11 is 0. The van der Waals surface area contributed by atoms with Crippen LogP contribution in [0.1, 0.15) is 19.8 Å². The van der Waals surface area contributed by atoms with E-state index in [9.17, 15) is 8.78 Å². The first-order valence-corrected chi connectivity index (χ1v) is 6.05. The first kappa shape index (κ1) is 13.0. The van der Waals surface area contributed by atoms with Crippen molar-refractivity contribution in [1.29, 1.82) is 0 Å². The topological polar surface area (TPSA) is 43.4 Å². The number of pyridine rings is 1. The Morgan fingerprint density at radius 2 is 2.11 bits per heavy atom. The third-order valence-corrected chi connectivity index (χ3v) is 2.69. The molecule has 0 saturated carbocycles. The monoisotopic (exact) mass is 258 g/mol. The summed E-state index contributed by atoms with van der Waals surface area (Å²) in [5.74, 6) is -1.63. The highest BCUT2D eigenvalue weighted by atomic mass is 19.1. The van der Waals surface area contributed by atoms with Crippen molar-refractivity contribution in [2.45, 2.75) is 25.9 Å². The van der Waals surface area contributed by atoms with Gasteiger partial charge in [0.1, 0.15) is 6.10 Å². The maximum Gasteiger partial charge on any atom is 0.252 e. The molecule has 1 aliphatic heterocycles. The maximum atomic E-state index is 13.5. The number of hydrogen-bond acceptors (Lipinski definition) is 4. The number of rotatable bonds is 4. The van der Waals surface area contributed by atoms with Crippen LogP contribution in [-0.2, 0) is 4.74 Å². The van der Waals surface area contributed by atoms with Gasteiger partial charge in [-0.1, -0.05) is 0 Å². The van der Waals surface area contributed by atoms with Crippen molar-refractivity contribution in [3.8, 4) is 5.88 Å². The molecule has 0 atom stereocenters. The molecule has 18 heavy (non-hydrogen) atoms. The van der Waals surface area contributed by atoms with Crippen LogP contribution < -0.4 is 10.1 Å². The summed E-state index contributed by atoms with van der Waals surface area (Å²) < 4.78 is 37.5. The van der Waals surface area contributed by atoms with E-state index in [4.69, 9.17) is 9.47 Å². The van der Waals surface area contributed by atoms with E-state index in [1.165, 1.54) is 0 Å². The van der Waals surface area contributed by atoms with Crippen LogP contribution in [0.5, 0.6) is 5.88 Å². The highest BCUT2D eigenvalue weighted by Crippen LogP contribution is 2.23. The van der Waals surface area contributed by atoms with Gasteiger partial charge in [-0.3, -0.25) is 0 Å². The molecule has 0 aromatic carbocycles. The highest BCUT2D eigenvalue weighted by molar-refractivity contribution is 5.39. The Morgan fingerprint density at radius 1 is 1.39 bits per heavy atom. The lowest BCUT2D eigenvalue weighted by molar-refractivity contribution is 0.0220. The van der Waals surface area contributed by atoms with Gasteiger partial charge in [0.05, 0.1) is 13.2 Å². The fraction of sp³-hybridized carbons (Fsp3) is 0.583. The normalized spacial score (nSPS) is 16.6. The van der Waals surface area contributed by atoms with E-state index in [1.807, 2.05) is 6.92 Å². The Balaban J connectivity index is 2.12. The molecule has 0 radical (unpaired) electrons. The SMILES string of the molecule is CCNc1nc(OC2CCOCC2)c(F)cc1F. The van der Waals surface area contributed by atoms with Crippen molar-refractivity contribution in [3.05, 3.63) is 17.7 Å². The fourth-order valence-corrected chi connectivity index (χ4v) is 1.78. The average Bonchev–Trinajstić information content (AvgIpc) is 2.37. The predicted molar refractivity (Wildman–Crippen MR) is 62.8 cm³/mol. The Kier molecular flexibility index (Phi) is 4.30. The fourth-order valence-electron chi connectivity index (χ4n) is 1.78. The van der Waals surface area contributed by atoms with Crippen molar-refractivity contribution in [3.63, 3.8) is 0 Å². The number of nitrogens with zero attached hydrogens (tertiary/aromatic N) is 1. The lowest BCUT2D eigenvalue weighted by Crippen LogP contribution is -2.26. The Bertz CT molecular complexity index is 409. The summed E-state index contributed by atoms with van der Waals surface area (Å²) in [6.07, 6.45) is 1.25. The van der Waals surface area contributed by atoms with Crippen LogP contribution in [0.3, 0.4) is 0 Å². The molecule has 1 N–H and O–H groups in total. The molecule has 0 amide bonds. The van der Waals surface area contributed by atoms with Crippen LogP contribution >= 0.6 is 0 Å². The zero-order chi connectivity index (χ0) is 13.0. The Hall–Kier alpha value is -1.43. The molecular weight excluding hydrogens is 242 g/mol. The number of anilines is 1. The summed E-state index contributed by atoms with van der Waals surface area (Å²) in [4.78, 5) is 3.83. The Morgan fingerprint density at radius 3 is 2.78 bits per heavy atom. The van der Waals surface area contributed by atoms with Gasteiger partial charge in [-0.15, -0.1) is 0 Å². The lowest BCUT2D eigenvalue weighted by Gasteiger charge is -2.23. The number of halogens is 2. The molecule has 0 unspecified atom stereocenters. The summed E-state index contributed by atoms with van der Waals surface area (Å²) in [6.45, 7) is 3.50. The van der Waals surface area contributed by atoms with Gasteiger partial charge < -0.3 is 14.8 Å². The van der Waals surface area contributed by atoms with Crippen LogP contribution in [0, 0.1) is 11.6 Å². The largest absolute Gasteiger partial charge is 0.472 e. The van der Waals surface area contributed by atoms with E-state index in [0.717, 1.165) is 6.07 Å². The number of hydrogen-bond donors (Lipinski definition) is 1. The molecule has 2 heterocycles. The highest BCUT2D eigenvalue weighted by Gasteiger charge is 2.19. The molecule has 4 nitrogen and oxygen atoms in total. The standard InChI is InChI=1S/C12H16F2N2O2/c1-2-15-11-9(13)7-10(14)12(16-11)18-8-3-5-17-6-4-8/h7-8H,2-6H2,1H3,(H,15,16). The van der Waals surface area contributed by atoms with E-state index in [1.54, 1.807) is 0 Å². The van der Waals surface area contributed by atoms with Crippen molar-refractivity contribution >= 4 is 5.82 Å². The molecule has 1 aliphatic rings. The van der Waals surface area contributed by atoms with E-state index < -0.39 is 11.6 Å². The summed E-state index contributed by atoms with van der Waals surface area (Å²) in [5.41, 5.74) is 0. The number of nitrogens with one attached hydrogen (secondary N) is 1. The van der Waals surface area contributed by atoms with Crippen molar-refractivity contribution in [1.82, 2.24) is 4.98 Å². The molecule has 100 valence electrons. The minimum Gasteiger partial charge on any atom is -0.472 e. The summed E-state index contributed by atoms with van der Waals surface area (Å²) in [7, 11) is 0. The van der Waals surface area contributed by atoms with Crippen LogP contribution in [0.25, 0.3) is 0 Å². The van der Waals surface area contributed by atoms with Crippen LogP contribution in [0.4, 0.5) is 14.6 Å². The van der Waals surface area contributed by atoms with Gasteiger partial charge in [-0.05, 0) is 6.92 Å². The van der Waals surface area contributed by atoms with Crippen LogP contribution in [-0.4, -0.2) is 30.8 Å². The molecule has 2 rings (SSSR count). The second-order valence-electron chi connectivity index (χ2n) is 4.07. The smallest absolute Gasteiger partial charge is 0.252 e. The Labute approximate surface area is 104 Å². The average molecular weight is 258 g/mol. The van der Waals surface area contributed by atoms with Gasteiger partial charge in [-0.25, -0.2) is 8.78 Å². The lowest BCUT2D eigenvalue weighted by atomic mass is 10.1. The van der Waals surface area contributed by atoms with Gasteiger partial charge in [0, 0.05) is 25.5 Å². The second-order valence-corrected chi connectivity index (χ2v) is 4.07. The van der Waals surface area contributed by atoms with Crippen LogP contribution in [0.2, 0.25) is 0 Å². The number of ether oxygens (including phenoxy) is 2. The van der Waals surface area contributed by atoms with E-state index in [2.05, 4.69) is 10.3 Å². The van der Waals surface area contributed by atoms with E-state index >= 15 is 0 Å². The van der Waals surface area contributed by atoms with Crippen LogP contribution in [0.15, 0.2) is 6.07 Å². The second kappa shape index (κ2) is 5.95. The molecule has 1 fully saturated rings. The quantitative estimate of drug-likeness (QED) is 0.900. The van der Waals surface area contributed by atoms with Crippen molar-refractivity contribution in [2.24, 2.45) is 0 Å².